The Morgan fingerprint density at radius 3 is 2.25 bits per heavy atom. The molecule has 0 fully saturated rings. The lowest BCUT2D eigenvalue weighted by molar-refractivity contribution is 0.267. The van der Waals surface area contributed by atoms with E-state index in [-0.39, 0.29) is 6.54 Å². The van der Waals surface area contributed by atoms with Crippen molar-refractivity contribution in [3.8, 4) is 0 Å². The Hall–Kier alpha value is -1.09. The Bertz CT molecular complexity index is 576. The molecule has 1 aromatic carbocycles. The molecule has 1 aromatic rings. The van der Waals surface area contributed by atoms with E-state index in [4.69, 9.17) is 5.11 Å². The number of likely N-dealkylation sites (N-methyl/N-ethyl adjacent to an activating group) is 2. The summed E-state index contributed by atoms with van der Waals surface area (Å²) in [6.07, 6.45) is 0. The topological polar surface area (TPSA) is 60.9 Å². The number of benzene rings is 1. The number of aliphatic hydroxyl groups is 1. The summed E-state index contributed by atoms with van der Waals surface area (Å²) in [5.41, 5.74) is -0.646. The molecule has 0 amide bonds. The lowest BCUT2D eigenvalue weighted by Gasteiger charge is -2.20. The largest absolute Gasteiger partial charge is 0.391 e. The molecule has 0 radical (unpaired) electrons. The Morgan fingerprint density at radius 1 is 1.15 bits per heavy atom. The van der Waals surface area contributed by atoms with E-state index in [2.05, 4.69) is 0 Å². The second-order valence-corrected chi connectivity index (χ2v) is 6.64. The number of sulfonamides is 1. The van der Waals surface area contributed by atoms with E-state index >= 15 is 0 Å². The van der Waals surface area contributed by atoms with Gasteiger partial charge in [-0.15, -0.1) is 0 Å². The summed E-state index contributed by atoms with van der Waals surface area (Å²) in [5.74, 6) is -2.22. The molecule has 0 saturated carbocycles. The predicted octanol–water partition coefficient (Wildman–Crippen LogP) is 0.639. The van der Waals surface area contributed by atoms with Crippen molar-refractivity contribution in [2.24, 2.45) is 0 Å². The molecule has 0 spiro atoms. The van der Waals surface area contributed by atoms with Gasteiger partial charge in [-0.25, -0.2) is 17.2 Å². The van der Waals surface area contributed by atoms with Crippen molar-refractivity contribution in [2.45, 2.75) is 11.5 Å². The summed E-state index contributed by atoms with van der Waals surface area (Å²) in [5, 5.41) is 8.91. The molecule has 0 heterocycles. The van der Waals surface area contributed by atoms with Crippen molar-refractivity contribution >= 4 is 10.0 Å². The van der Waals surface area contributed by atoms with Gasteiger partial charge in [-0.3, -0.25) is 0 Å². The van der Waals surface area contributed by atoms with Gasteiger partial charge >= 0.3 is 0 Å². The molecule has 0 aliphatic carbocycles. The van der Waals surface area contributed by atoms with Gasteiger partial charge in [0.2, 0.25) is 10.0 Å². The van der Waals surface area contributed by atoms with E-state index in [0.717, 1.165) is 16.4 Å². The lowest BCUT2D eigenvalue weighted by Crippen LogP contribution is -2.34. The average molecular weight is 308 g/mol. The first-order chi connectivity index (χ1) is 9.21. The van der Waals surface area contributed by atoms with E-state index in [1.807, 2.05) is 0 Å². The summed E-state index contributed by atoms with van der Waals surface area (Å²) >= 11 is 0. The van der Waals surface area contributed by atoms with Gasteiger partial charge in [-0.2, -0.15) is 4.31 Å². The summed E-state index contributed by atoms with van der Waals surface area (Å²) in [7, 11) is 0.820. The molecule has 0 aromatic heterocycles. The SMILES string of the molecule is CN(C)CCN(C)S(=O)(=O)c1ccc(F)c(CO)c1F. The van der Waals surface area contributed by atoms with Crippen molar-refractivity contribution in [1.82, 2.24) is 9.21 Å². The maximum atomic E-state index is 14.0. The minimum absolute atomic E-state index is 0.167. The van der Waals surface area contributed by atoms with Gasteiger partial charge in [0.05, 0.1) is 12.2 Å². The van der Waals surface area contributed by atoms with Crippen molar-refractivity contribution in [3.05, 3.63) is 29.3 Å². The van der Waals surface area contributed by atoms with E-state index in [1.165, 1.54) is 7.05 Å². The molecule has 5 nitrogen and oxygen atoms in total. The highest BCUT2D eigenvalue weighted by Gasteiger charge is 2.27. The van der Waals surface area contributed by atoms with Crippen LogP contribution in [0.4, 0.5) is 8.78 Å². The number of aliphatic hydroxyl groups excluding tert-OH is 1. The van der Waals surface area contributed by atoms with Crippen LogP contribution in [-0.4, -0.2) is 57.0 Å². The monoisotopic (exact) mass is 308 g/mol. The first-order valence-corrected chi connectivity index (χ1v) is 7.34. The van der Waals surface area contributed by atoms with E-state index in [0.29, 0.717) is 6.54 Å². The molecule has 114 valence electrons. The Balaban J connectivity index is 3.16. The highest BCUT2D eigenvalue weighted by Crippen LogP contribution is 2.23. The molecular weight excluding hydrogens is 290 g/mol. The normalized spacial score (nSPS) is 12.4. The Morgan fingerprint density at radius 2 is 1.75 bits per heavy atom. The standard InChI is InChI=1S/C12H18F2N2O3S/c1-15(2)6-7-16(3)20(18,19)11-5-4-10(13)9(8-17)12(11)14/h4-5,17H,6-8H2,1-3H3. The van der Waals surface area contributed by atoms with Crippen LogP contribution in [0.25, 0.3) is 0 Å². The molecular formula is C12H18F2N2O3S. The quantitative estimate of drug-likeness (QED) is 0.838. The summed E-state index contributed by atoms with van der Waals surface area (Å²) in [6.45, 7) is -0.269. The molecule has 20 heavy (non-hydrogen) atoms. The van der Waals surface area contributed by atoms with Crippen LogP contribution in [0.3, 0.4) is 0 Å². The minimum atomic E-state index is -4.06. The van der Waals surface area contributed by atoms with E-state index in [1.54, 1.807) is 19.0 Å². The van der Waals surface area contributed by atoms with Gasteiger partial charge in [-0.1, -0.05) is 0 Å². The predicted molar refractivity (Wildman–Crippen MR) is 70.7 cm³/mol. The van der Waals surface area contributed by atoms with Gasteiger partial charge in [0.15, 0.2) is 5.82 Å². The molecule has 0 atom stereocenters. The summed E-state index contributed by atoms with van der Waals surface area (Å²) in [6, 6.07) is 1.70. The maximum absolute atomic E-state index is 14.0. The smallest absolute Gasteiger partial charge is 0.245 e. The zero-order valence-electron chi connectivity index (χ0n) is 11.6. The fourth-order valence-electron chi connectivity index (χ4n) is 1.55. The number of hydrogen-bond acceptors (Lipinski definition) is 4. The van der Waals surface area contributed by atoms with Crippen LogP contribution in [0, 0.1) is 11.6 Å². The number of halogens is 2. The highest BCUT2D eigenvalue weighted by molar-refractivity contribution is 7.89. The second kappa shape index (κ2) is 6.57. The number of rotatable bonds is 6. The third-order valence-corrected chi connectivity index (χ3v) is 4.73. The molecule has 8 heteroatoms. The molecule has 1 N–H and O–H groups in total. The number of hydrogen-bond donors (Lipinski definition) is 1. The molecule has 1 rings (SSSR count). The molecule has 0 aliphatic heterocycles. The van der Waals surface area contributed by atoms with Gasteiger partial charge in [0, 0.05) is 20.1 Å². The molecule has 0 bridgehead atoms. The first-order valence-electron chi connectivity index (χ1n) is 5.90. The lowest BCUT2D eigenvalue weighted by atomic mass is 10.2. The van der Waals surface area contributed by atoms with Crippen molar-refractivity contribution in [1.29, 1.82) is 0 Å². The summed E-state index contributed by atoms with van der Waals surface area (Å²) in [4.78, 5) is 1.15. The van der Waals surface area contributed by atoms with Crippen LogP contribution in [-0.2, 0) is 16.6 Å². The Kier molecular flexibility index (Phi) is 5.58. The van der Waals surface area contributed by atoms with E-state index in [9.17, 15) is 17.2 Å². The van der Waals surface area contributed by atoms with Crippen LogP contribution in [0.2, 0.25) is 0 Å². The van der Waals surface area contributed by atoms with Crippen LogP contribution in [0.5, 0.6) is 0 Å². The Labute approximate surface area is 117 Å². The number of nitrogens with zero attached hydrogens (tertiary/aromatic N) is 2. The highest BCUT2D eigenvalue weighted by atomic mass is 32.2. The second-order valence-electron chi connectivity index (χ2n) is 4.63. The van der Waals surface area contributed by atoms with Crippen molar-refractivity contribution in [2.75, 3.05) is 34.2 Å². The van der Waals surface area contributed by atoms with Crippen molar-refractivity contribution in [3.63, 3.8) is 0 Å². The van der Waals surface area contributed by atoms with Gasteiger partial charge in [0.1, 0.15) is 10.7 Å². The van der Waals surface area contributed by atoms with Crippen LogP contribution in [0.15, 0.2) is 17.0 Å². The summed E-state index contributed by atoms with van der Waals surface area (Å²) < 4.78 is 52.6. The molecule has 0 aliphatic rings. The average Bonchev–Trinajstić information content (AvgIpc) is 2.35. The van der Waals surface area contributed by atoms with Gasteiger partial charge in [-0.05, 0) is 26.2 Å². The van der Waals surface area contributed by atoms with Crippen molar-refractivity contribution < 1.29 is 22.3 Å². The third-order valence-electron chi connectivity index (χ3n) is 2.86. The zero-order valence-corrected chi connectivity index (χ0v) is 12.4. The van der Waals surface area contributed by atoms with Crippen LogP contribution in [0.1, 0.15) is 5.56 Å². The maximum Gasteiger partial charge on any atom is 0.245 e. The van der Waals surface area contributed by atoms with Gasteiger partial charge < -0.3 is 10.0 Å². The van der Waals surface area contributed by atoms with E-state index < -0.39 is 38.7 Å². The minimum Gasteiger partial charge on any atom is -0.391 e. The third kappa shape index (κ3) is 3.51. The first kappa shape index (κ1) is 17.0. The molecule has 0 saturated heterocycles. The molecule has 0 unspecified atom stereocenters. The fourth-order valence-corrected chi connectivity index (χ4v) is 2.80. The zero-order chi connectivity index (χ0) is 15.5. The van der Waals surface area contributed by atoms with Crippen LogP contribution >= 0.6 is 0 Å². The fraction of sp³-hybridized carbons (Fsp3) is 0.500. The van der Waals surface area contributed by atoms with Gasteiger partial charge in [0.25, 0.3) is 0 Å². The van der Waals surface area contributed by atoms with Crippen LogP contribution < -0.4 is 0 Å².